The van der Waals surface area contributed by atoms with E-state index in [0.29, 0.717) is 12.2 Å². The zero-order chi connectivity index (χ0) is 21.3. The van der Waals surface area contributed by atoms with Crippen molar-refractivity contribution in [2.45, 2.75) is 24.7 Å². The lowest BCUT2D eigenvalue weighted by Gasteiger charge is -2.41. The van der Waals surface area contributed by atoms with Gasteiger partial charge in [-0.1, -0.05) is 6.42 Å². The van der Waals surface area contributed by atoms with Crippen molar-refractivity contribution in [3.63, 3.8) is 0 Å². The van der Waals surface area contributed by atoms with Crippen molar-refractivity contribution < 1.29 is 18.7 Å². The molecule has 1 fully saturated rings. The van der Waals surface area contributed by atoms with Gasteiger partial charge in [0.2, 0.25) is 5.95 Å². The number of benzene rings is 1. The van der Waals surface area contributed by atoms with Gasteiger partial charge in [-0.05, 0) is 37.1 Å². The van der Waals surface area contributed by atoms with Crippen LogP contribution in [-0.4, -0.2) is 37.7 Å². The standard InChI is InChI=1S/C20H18F2N6O2/c21-12-5-4-11(18(23)30)16(29)15(12)14-9-25-19(28-27-14)26-10-20(6-2-7-20)17-13(22)3-1-8-24-17/h1,3-5,8-9,29H,2,6-7,10H2,(H2,23,30)(H,25,26,28). The molecule has 30 heavy (non-hydrogen) atoms. The summed E-state index contributed by atoms with van der Waals surface area (Å²) in [5, 5.41) is 21.0. The van der Waals surface area contributed by atoms with Crippen LogP contribution in [0, 0.1) is 11.6 Å². The number of carbonyl (C=O) groups excluding carboxylic acids is 1. The van der Waals surface area contributed by atoms with E-state index in [4.69, 9.17) is 5.73 Å². The average molecular weight is 412 g/mol. The highest BCUT2D eigenvalue weighted by Gasteiger charge is 2.42. The SMILES string of the molecule is NC(=O)c1ccc(F)c(-c2cnc(NCC3(c4ncccc4F)CCC3)nn2)c1O. The Morgan fingerprint density at radius 3 is 2.57 bits per heavy atom. The van der Waals surface area contributed by atoms with E-state index in [2.05, 4.69) is 25.5 Å². The highest BCUT2D eigenvalue weighted by atomic mass is 19.1. The van der Waals surface area contributed by atoms with Crippen molar-refractivity contribution in [1.82, 2.24) is 20.2 Å². The number of halogens is 2. The third kappa shape index (κ3) is 3.40. The number of primary amides is 1. The minimum absolute atomic E-state index is 0.0622. The highest BCUT2D eigenvalue weighted by Crippen LogP contribution is 2.43. The molecule has 0 aliphatic heterocycles. The van der Waals surface area contributed by atoms with Gasteiger partial charge in [-0.3, -0.25) is 9.78 Å². The molecule has 0 radical (unpaired) electrons. The van der Waals surface area contributed by atoms with E-state index >= 15 is 0 Å². The van der Waals surface area contributed by atoms with Crippen LogP contribution in [0.15, 0.2) is 36.7 Å². The molecule has 0 bridgehead atoms. The fourth-order valence-corrected chi connectivity index (χ4v) is 3.60. The normalized spacial score (nSPS) is 14.7. The maximum absolute atomic E-state index is 14.2. The van der Waals surface area contributed by atoms with Gasteiger partial charge in [0, 0.05) is 18.2 Å². The molecule has 1 aromatic carbocycles. The molecule has 2 aromatic heterocycles. The third-order valence-electron chi connectivity index (χ3n) is 5.37. The Kier molecular flexibility index (Phi) is 4.98. The van der Waals surface area contributed by atoms with Crippen molar-refractivity contribution in [1.29, 1.82) is 0 Å². The van der Waals surface area contributed by atoms with Gasteiger partial charge in [0.25, 0.3) is 5.91 Å². The van der Waals surface area contributed by atoms with Crippen molar-refractivity contribution in [2.75, 3.05) is 11.9 Å². The van der Waals surface area contributed by atoms with Crippen LogP contribution in [0.5, 0.6) is 5.75 Å². The minimum Gasteiger partial charge on any atom is -0.506 e. The number of aromatic hydroxyl groups is 1. The summed E-state index contributed by atoms with van der Waals surface area (Å²) in [6.07, 6.45) is 5.29. The summed E-state index contributed by atoms with van der Waals surface area (Å²) in [7, 11) is 0. The van der Waals surface area contributed by atoms with Crippen molar-refractivity contribution in [2.24, 2.45) is 5.73 Å². The summed E-state index contributed by atoms with van der Waals surface area (Å²) >= 11 is 0. The average Bonchev–Trinajstić information content (AvgIpc) is 2.69. The second-order valence-electron chi connectivity index (χ2n) is 7.17. The lowest BCUT2D eigenvalue weighted by molar-refractivity contribution is 0.0997. The first kappa shape index (κ1) is 19.6. The van der Waals surface area contributed by atoms with Crippen LogP contribution in [0.25, 0.3) is 11.3 Å². The number of pyridine rings is 1. The van der Waals surface area contributed by atoms with Gasteiger partial charge in [0.05, 0.1) is 23.0 Å². The van der Waals surface area contributed by atoms with Crippen LogP contribution in [0.4, 0.5) is 14.7 Å². The Balaban J connectivity index is 1.55. The van der Waals surface area contributed by atoms with Gasteiger partial charge in [-0.2, -0.15) is 0 Å². The molecular formula is C20H18F2N6O2. The number of carbonyl (C=O) groups is 1. The first-order chi connectivity index (χ1) is 14.4. The smallest absolute Gasteiger partial charge is 0.252 e. The fourth-order valence-electron chi connectivity index (χ4n) is 3.60. The van der Waals surface area contributed by atoms with Gasteiger partial charge < -0.3 is 16.2 Å². The Hall–Kier alpha value is -3.69. The lowest BCUT2D eigenvalue weighted by Crippen LogP contribution is -2.42. The van der Waals surface area contributed by atoms with Gasteiger partial charge in [0.1, 0.15) is 23.1 Å². The number of amides is 1. The number of nitrogens with one attached hydrogen (secondary N) is 1. The predicted octanol–water partition coefficient (Wildman–Crippen LogP) is 2.55. The molecule has 1 aliphatic carbocycles. The summed E-state index contributed by atoms with van der Waals surface area (Å²) in [6, 6.07) is 5.02. The van der Waals surface area contributed by atoms with E-state index in [0.717, 1.165) is 31.4 Å². The molecule has 3 aromatic rings. The first-order valence-electron chi connectivity index (χ1n) is 9.27. The fraction of sp³-hybridized carbons (Fsp3) is 0.250. The zero-order valence-corrected chi connectivity index (χ0v) is 15.8. The number of rotatable bonds is 6. The molecule has 1 amide bonds. The number of hydrogen-bond acceptors (Lipinski definition) is 7. The highest BCUT2D eigenvalue weighted by molar-refractivity contribution is 5.97. The topological polar surface area (TPSA) is 127 Å². The summed E-state index contributed by atoms with van der Waals surface area (Å²) in [4.78, 5) is 19.7. The number of nitrogens with zero attached hydrogens (tertiary/aromatic N) is 4. The van der Waals surface area contributed by atoms with Gasteiger partial charge in [0.15, 0.2) is 0 Å². The number of aromatic nitrogens is 4. The number of phenols is 1. The molecule has 4 N–H and O–H groups in total. The molecule has 1 saturated carbocycles. The molecule has 154 valence electrons. The minimum atomic E-state index is -0.902. The second kappa shape index (κ2) is 7.62. The van der Waals surface area contributed by atoms with E-state index in [-0.39, 0.29) is 28.6 Å². The molecule has 0 spiro atoms. The summed E-state index contributed by atoms with van der Waals surface area (Å²) < 4.78 is 28.4. The Labute approximate surface area is 170 Å². The molecular weight excluding hydrogens is 394 g/mol. The zero-order valence-electron chi connectivity index (χ0n) is 15.8. The Bertz CT molecular complexity index is 1100. The molecule has 1 aliphatic rings. The van der Waals surface area contributed by atoms with Gasteiger partial charge in [-0.25, -0.2) is 13.8 Å². The maximum atomic E-state index is 14.2. The summed E-state index contributed by atoms with van der Waals surface area (Å²) in [5.74, 6) is -2.52. The largest absolute Gasteiger partial charge is 0.506 e. The van der Waals surface area contributed by atoms with Crippen LogP contribution in [0.1, 0.15) is 35.3 Å². The summed E-state index contributed by atoms with van der Waals surface area (Å²) in [5.41, 5.74) is 4.52. The van der Waals surface area contributed by atoms with Crippen LogP contribution >= 0.6 is 0 Å². The predicted molar refractivity (Wildman–Crippen MR) is 104 cm³/mol. The molecule has 10 heteroatoms. The van der Waals surface area contributed by atoms with Crippen molar-refractivity contribution in [3.05, 3.63) is 59.6 Å². The molecule has 0 saturated heterocycles. The van der Waals surface area contributed by atoms with Crippen molar-refractivity contribution in [3.8, 4) is 17.0 Å². The third-order valence-corrected chi connectivity index (χ3v) is 5.37. The van der Waals surface area contributed by atoms with Crippen molar-refractivity contribution >= 4 is 11.9 Å². The van der Waals surface area contributed by atoms with Gasteiger partial charge >= 0.3 is 0 Å². The maximum Gasteiger partial charge on any atom is 0.252 e. The quantitative estimate of drug-likeness (QED) is 0.568. The van der Waals surface area contributed by atoms with Crippen LogP contribution < -0.4 is 11.1 Å². The van der Waals surface area contributed by atoms with E-state index < -0.39 is 22.9 Å². The number of nitrogens with two attached hydrogens (primary N) is 1. The van der Waals surface area contributed by atoms with Crippen LogP contribution in [-0.2, 0) is 5.41 Å². The first-order valence-corrected chi connectivity index (χ1v) is 9.27. The van der Waals surface area contributed by atoms with E-state index in [9.17, 15) is 18.7 Å². The molecule has 8 nitrogen and oxygen atoms in total. The number of anilines is 1. The summed E-state index contributed by atoms with van der Waals surface area (Å²) in [6.45, 7) is 0.360. The van der Waals surface area contributed by atoms with Crippen LogP contribution in [0.2, 0.25) is 0 Å². The second-order valence-corrected chi connectivity index (χ2v) is 7.17. The molecule has 0 unspecified atom stereocenters. The van der Waals surface area contributed by atoms with E-state index in [1.165, 1.54) is 12.3 Å². The van der Waals surface area contributed by atoms with Gasteiger partial charge in [-0.15, -0.1) is 10.2 Å². The van der Waals surface area contributed by atoms with E-state index in [1.807, 2.05) is 0 Å². The monoisotopic (exact) mass is 412 g/mol. The lowest BCUT2D eigenvalue weighted by atomic mass is 9.66. The van der Waals surface area contributed by atoms with E-state index in [1.54, 1.807) is 12.3 Å². The Morgan fingerprint density at radius 2 is 1.97 bits per heavy atom. The number of hydrogen-bond donors (Lipinski definition) is 3. The Morgan fingerprint density at radius 1 is 1.17 bits per heavy atom. The molecule has 0 atom stereocenters. The molecule has 4 rings (SSSR count). The molecule has 2 heterocycles. The van der Waals surface area contributed by atoms with Crippen LogP contribution in [0.3, 0.4) is 0 Å².